The molecule has 0 atom stereocenters. The van der Waals surface area contributed by atoms with Gasteiger partial charge in [0.05, 0.1) is 18.9 Å². The topological polar surface area (TPSA) is 46.5 Å². The normalized spacial score (nSPS) is 10.3. The summed E-state index contributed by atoms with van der Waals surface area (Å²) in [5.41, 5.74) is 0. The number of ether oxygens (including phenoxy) is 1. The van der Waals surface area contributed by atoms with E-state index in [1.54, 1.807) is 0 Å². The zero-order valence-electron chi connectivity index (χ0n) is 6.75. The Hall–Kier alpha value is -0.990. The molecule has 0 rings (SSSR count). The first-order valence-corrected chi connectivity index (χ1v) is 3.78. The number of hydrogen-bond acceptors (Lipinski definition) is 3. The molecule has 0 radical (unpaired) electrons. The molecular weight excluding hydrogens is 144 g/mol. The van der Waals surface area contributed by atoms with Crippen molar-refractivity contribution in [1.29, 1.82) is 0 Å². The van der Waals surface area contributed by atoms with Gasteiger partial charge in [-0.3, -0.25) is 0 Å². The maximum Gasteiger partial charge on any atom is 0.333 e. The summed E-state index contributed by atoms with van der Waals surface area (Å²) >= 11 is 0. The highest BCUT2D eigenvalue weighted by Gasteiger charge is 1.94. The third-order valence-corrected chi connectivity index (χ3v) is 1.20. The van der Waals surface area contributed by atoms with E-state index in [1.807, 2.05) is 0 Å². The molecule has 0 aromatic rings. The fourth-order valence-corrected chi connectivity index (χ4v) is 0.634. The van der Waals surface area contributed by atoms with Crippen molar-refractivity contribution in [3.8, 4) is 0 Å². The van der Waals surface area contributed by atoms with Crippen LogP contribution in [-0.4, -0.2) is 17.7 Å². The Bertz CT molecular complexity index is 129. The Labute approximate surface area is 66.7 Å². The second kappa shape index (κ2) is 7.12. The monoisotopic (exact) mass is 158 g/mol. The highest BCUT2D eigenvalue weighted by atomic mass is 16.5. The molecule has 0 aliphatic rings. The highest BCUT2D eigenvalue weighted by molar-refractivity contribution is 5.81. The van der Waals surface area contributed by atoms with E-state index >= 15 is 0 Å². The van der Waals surface area contributed by atoms with E-state index in [4.69, 9.17) is 9.84 Å². The Morgan fingerprint density at radius 2 is 2.27 bits per heavy atom. The quantitative estimate of drug-likeness (QED) is 0.287. The summed E-state index contributed by atoms with van der Waals surface area (Å²) in [5, 5.41) is 8.16. The van der Waals surface area contributed by atoms with Gasteiger partial charge in [0.15, 0.2) is 0 Å². The number of aliphatic hydroxyl groups is 1. The maximum absolute atomic E-state index is 10.5. The summed E-state index contributed by atoms with van der Waals surface area (Å²) in [6, 6.07) is 0. The van der Waals surface area contributed by atoms with E-state index in [-0.39, 0.29) is 0 Å². The van der Waals surface area contributed by atoms with Gasteiger partial charge in [-0.15, -0.1) is 0 Å². The fraction of sp³-hybridized carbons (Fsp3) is 0.625. The number of carbonyl (C=O) groups excluding carboxylic acids is 1. The lowest BCUT2D eigenvalue weighted by Crippen LogP contribution is -2.01. The lowest BCUT2D eigenvalue weighted by Gasteiger charge is -1.98. The molecule has 0 aromatic heterocycles. The van der Waals surface area contributed by atoms with Crippen LogP contribution >= 0.6 is 0 Å². The van der Waals surface area contributed by atoms with Gasteiger partial charge in [0.1, 0.15) is 0 Å². The molecule has 0 aromatic carbocycles. The van der Waals surface area contributed by atoms with Crippen molar-refractivity contribution < 1.29 is 14.6 Å². The lowest BCUT2D eigenvalue weighted by molar-refractivity contribution is -0.137. The van der Waals surface area contributed by atoms with E-state index < -0.39 is 5.97 Å². The molecule has 0 aliphatic carbocycles. The maximum atomic E-state index is 10.5. The van der Waals surface area contributed by atoms with Crippen LogP contribution in [0.25, 0.3) is 0 Å². The zero-order chi connectivity index (χ0) is 8.53. The molecule has 0 amide bonds. The van der Waals surface area contributed by atoms with Crippen LogP contribution in [0.3, 0.4) is 0 Å². The van der Waals surface area contributed by atoms with Crippen LogP contribution in [0.5, 0.6) is 0 Å². The van der Waals surface area contributed by atoms with Crippen molar-refractivity contribution in [2.75, 3.05) is 6.61 Å². The fourth-order valence-electron chi connectivity index (χ4n) is 0.634. The van der Waals surface area contributed by atoms with Gasteiger partial charge in [0, 0.05) is 0 Å². The minimum atomic E-state index is -0.483. The zero-order valence-corrected chi connectivity index (χ0v) is 6.75. The first kappa shape index (κ1) is 10.0. The Balaban J connectivity index is 3.17. The largest absolute Gasteiger partial charge is 0.515 e. The van der Waals surface area contributed by atoms with Gasteiger partial charge in [0.25, 0.3) is 0 Å². The third kappa shape index (κ3) is 6.90. The van der Waals surface area contributed by atoms with Crippen LogP contribution in [-0.2, 0) is 9.53 Å². The summed E-state index contributed by atoms with van der Waals surface area (Å²) in [7, 11) is 0. The van der Waals surface area contributed by atoms with Crippen molar-refractivity contribution in [2.24, 2.45) is 0 Å². The van der Waals surface area contributed by atoms with Crippen LogP contribution in [0, 0.1) is 0 Å². The average molecular weight is 158 g/mol. The minimum absolute atomic E-state index is 0.441. The summed E-state index contributed by atoms with van der Waals surface area (Å²) < 4.78 is 4.70. The predicted molar refractivity (Wildman–Crippen MR) is 42.3 cm³/mol. The Kier molecular flexibility index (Phi) is 6.48. The van der Waals surface area contributed by atoms with Gasteiger partial charge in [-0.25, -0.2) is 4.79 Å². The van der Waals surface area contributed by atoms with Crippen LogP contribution in [0.1, 0.15) is 26.2 Å². The molecular formula is C8H14O3. The standard InChI is InChI=1S/C8H14O3/c1-2-3-4-7-11-8(10)5-6-9/h5-6,9H,2-4,7H2,1H3. The molecule has 0 spiro atoms. The summed E-state index contributed by atoms with van der Waals surface area (Å²) in [4.78, 5) is 10.5. The van der Waals surface area contributed by atoms with Crippen LogP contribution in [0.2, 0.25) is 0 Å². The molecule has 0 unspecified atom stereocenters. The predicted octanol–water partition coefficient (Wildman–Crippen LogP) is 1.79. The SMILES string of the molecule is CCCCCOC(=O)C=CO. The van der Waals surface area contributed by atoms with Gasteiger partial charge in [-0.2, -0.15) is 0 Å². The molecule has 11 heavy (non-hydrogen) atoms. The lowest BCUT2D eigenvalue weighted by atomic mass is 10.3. The first-order chi connectivity index (χ1) is 5.31. The van der Waals surface area contributed by atoms with Crippen LogP contribution in [0.4, 0.5) is 0 Å². The molecule has 3 heteroatoms. The Morgan fingerprint density at radius 3 is 2.82 bits per heavy atom. The minimum Gasteiger partial charge on any atom is -0.515 e. The van der Waals surface area contributed by atoms with Gasteiger partial charge in [-0.05, 0) is 6.42 Å². The summed E-state index contributed by atoms with van der Waals surface area (Å²) in [6.07, 6.45) is 4.74. The molecule has 0 aliphatic heterocycles. The van der Waals surface area contributed by atoms with Gasteiger partial charge < -0.3 is 9.84 Å². The average Bonchev–Trinajstić information content (AvgIpc) is 1.99. The number of hydrogen-bond donors (Lipinski definition) is 1. The molecule has 0 fully saturated rings. The van der Waals surface area contributed by atoms with Crippen LogP contribution < -0.4 is 0 Å². The molecule has 3 nitrogen and oxygen atoms in total. The summed E-state index contributed by atoms with van der Waals surface area (Å²) in [6.45, 7) is 2.52. The van der Waals surface area contributed by atoms with E-state index in [1.165, 1.54) is 0 Å². The van der Waals surface area contributed by atoms with E-state index in [2.05, 4.69) is 6.92 Å². The number of unbranched alkanes of at least 4 members (excludes halogenated alkanes) is 2. The number of aliphatic hydroxyl groups excluding tert-OH is 1. The van der Waals surface area contributed by atoms with Crippen molar-refractivity contribution >= 4 is 5.97 Å². The van der Waals surface area contributed by atoms with E-state index in [0.29, 0.717) is 12.9 Å². The van der Waals surface area contributed by atoms with Crippen molar-refractivity contribution in [3.05, 3.63) is 12.3 Å². The van der Waals surface area contributed by atoms with Crippen LogP contribution in [0.15, 0.2) is 12.3 Å². The molecule has 0 saturated carbocycles. The smallest absolute Gasteiger partial charge is 0.333 e. The molecule has 1 N–H and O–H groups in total. The van der Waals surface area contributed by atoms with Gasteiger partial charge in [-0.1, -0.05) is 19.8 Å². The second-order valence-electron chi connectivity index (χ2n) is 2.19. The van der Waals surface area contributed by atoms with E-state index in [0.717, 1.165) is 25.3 Å². The van der Waals surface area contributed by atoms with Crippen molar-refractivity contribution in [1.82, 2.24) is 0 Å². The number of rotatable bonds is 5. The van der Waals surface area contributed by atoms with Crippen molar-refractivity contribution in [3.63, 3.8) is 0 Å². The van der Waals surface area contributed by atoms with Gasteiger partial charge >= 0.3 is 5.97 Å². The molecule has 0 saturated heterocycles. The first-order valence-electron chi connectivity index (χ1n) is 3.78. The third-order valence-electron chi connectivity index (χ3n) is 1.20. The molecule has 0 bridgehead atoms. The van der Waals surface area contributed by atoms with E-state index in [9.17, 15) is 4.79 Å². The number of esters is 1. The van der Waals surface area contributed by atoms with Gasteiger partial charge in [0.2, 0.25) is 0 Å². The molecule has 0 heterocycles. The highest BCUT2D eigenvalue weighted by Crippen LogP contribution is 1.94. The summed E-state index contributed by atoms with van der Waals surface area (Å²) in [5.74, 6) is -0.483. The Morgan fingerprint density at radius 1 is 1.55 bits per heavy atom. The molecule has 64 valence electrons. The number of carbonyl (C=O) groups is 1. The second-order valence-corrected chi connectivity index (χ2v) is 2.19. The van der Waals surface area contributed by atoms with Crippen molar-refractivity contribution in [2.45, 2.75) is 26.2 Å².